The van der Waals surface area contributed by atoms with Crippen molar-refractivity contribution in [3.63, 3.8) is 0 Å². The van der Waals surface area contributed by atoms with Crippen LogP contribution in [0.1, 0.15) is 19.4 Å². The SMILES string of the molecule is CC(C)(C(=O)Nc1nc(-c2ccccc2)ns1)c1ccc(F)cc1. The van der Waals surface area contributed by atoms with E-state index in [1.54, 1.807) is 26.0 Å². The van der Waals surface area contributed by atoms with E-state index < -0.39 is 5.41 Å². The fourth-order valence-electron chi connectivity index (χ4n) is 2.23. The summed E-state index contributed by atoms with van der Waals surface area (Å²) in [5.41, 5.74) is 0.813. The molecule has 1 N–H and O–H groups in total. The Hall–Kier alpha value is -2.60. The number of amides is 1. The van der Waals surface area contributed by atoms with Gasteiger partial charge in [-0.2, -0.15) is 9.36 Å². The van der Waals surface area contributed by atoms with Crippen molar-refractivity contribution in [3.05, 3.63) is 66.0 Å². The lowest BCUT2D eigenvalue weighted by molar-refractivity contribution is -0.120. The van der Waals surface area contributed by atoms with Gasteiger partial charge in [0.05, 0.1) is 5.41 Å². The summed E-state index contributed by atoms with van der Waals surface area (Å²) < 4.78 is 17.3. The van der Waals surface area contributed by atoms with E-state index >= 15 is 0 Å². The third-order valence-electron chi connectivity index (χ3n) is 3.81. The van der Waals surface area contributed by atoms with Crippen LogP contribution in [0.3, 0.4) is 0 Å². The van der Waals surface area contributed by atoms with E-state index in [-0.39, 0.29) is 11.7 Å². The molecule has 2 aromatic carbocycles. The molecule has 6 heteroatoms. The van der Waals surface area contributed by atoms with E-state index in [1.165, 1.54) is 12.1 Å². The second-order valence-electron chi connectivity index (χ2n) is 5.88. The van der Waals surface area contributed by atoms with Crippen molar-refractivity contribution in [2.45, 2.75) is 19.3 Å². The lowest BCUT2D eigenvalue weighted by Crippen LogP contribution is -2.34. The monoisotopic (exact) mass is 341 g/mol. The number of hydrogen-bond donors (Lipinski definition) is 1. The van der Waals surface area contributed by atoms with Gasteiger partial charge in [-0.3, -0.25) is 10.1 Å². The van der Waals surface area contributed by atoms with Gasteiger partial charge in [-0.05, 0) is 31.5 Å². The largest absolute Gasteiger partial charge is 0.300 e. The third-order valence-corrected chi connectivity index (χ3v) is 4.44. The molecule has 0 radical (unpaired) electrons. The molecular formula is C18H16FN3OS. The van der Waals surface area contributed by atoms with E-state index in [1.807, 2.05) is 30.3 Å². The molecule has 4 nitrogen and oxygen atoms in total. The van der Waals surface area contributed by atoms with Crippen LogP contribution in [0.15, 0.2) is 54.6 Å². The maximum atomic E-state index is 13.1. The summed E-state index contributed by atoms with van der Waals surface area (Å²) in [4.78, 5) is 17.0. The van der Waals surface area contributed by atoms with E-state index in [4.69, 9.17) is 0 Å². The number of aromatic nitrogens is 2. The number of benzene rings is 2. The van der Waals surface area contributed by atoms with Gasteiger partial charge in [0, 0.05) is 17.1 Å². The van der Waals surface area contributed by atoms with Gasteiger partial charge in [0.15, 0.2) is 5.82 Å². The number of carbonyl (C=O) groups excluding carboxylic acids is 1. The molecule has 0 atom stereocenters. The molecule has 0 aliphatic carbocycles. The first-order chi connectivity index (χ1) is 11.5. The van der Waals surface area contributed by atoms with E-state index in [9.17, 15) is 9.18 Å². The summed E-state index contributed by atoms with van der Waals surface area (Å²) in [7, 11) is 0. The first-order valence-corrected chi connectivity index (χ1v) is 8.21. The minimum absolute atomic E-state index is 0.218. The van der Waals surface area contributed by atoms with Crippen LogP contribution in [0.5, 0.6) is 0 Å². The quantitative estimate of drug-likeness (QED) is 0.771. The van der Waals surface area contributed by atoms with Crippen molar-refractivity contribution in [1.29, 1.82) is 0 Å². The highest BCUT2D eigenvalue weighted by molar-refractivity contribution is 7.10. The van der Waals surface area contributed by atoms with E-state index in [2.05, 4.69) is 14.7 Å². The zero-order chi connectivity index (χ0) is 17.2. The fraction of sp³-hybridized carbons (Fsp3) is 0.167. The first kappa shape index (κ1) is 16.3. The van der Waals surface area contributed by atoms with Crippen LogP contribution in [0.4, 0.5) is 9.52 Å². The average Bonchev–Trinajstić information content (AvgIpc) is 3.04. The Labute approximate surface area is 143 Å². The van der Waals surface area contributed by atoms with Gasteiger partial charge in [0.2, 0.25) is 11.0 Å². The molecule has 0 unspecified atom stereocenters. The maximum Gasteiger partial charge on any atom is 0.236 e. The molecule has 0 bridgehead atoms. The number of anilines is 1. The number of halogens is 1. The predicted molar refractivity (Wildman–Crippen MR) is 93.4 cm³/mol. The van der Waals surface area contributed by atoms with Gasteiger partial charge in [0.1, 0.15) is 5.82 Å². The zero-order valence-corrected chi connectivity index (χ0v) is 14.1. The topological polar surface area (TPSA) is 54.9 Å². The molecule has 3 aromatic rings. The Morgan fingerprint density at radius 3 is 2.42 bits per heavy atom. The molecule has 0 aliphatic rings. The molecular weight excluding hydrogens is 325 g/mol. The second kappa shape index (κ2) is 6.49. The predicted octanol–water partition coefficient (Wildman–Crippen LogP) is 4.26. The highest BCUT2D eigenvalue weighted by atomic mass is 32.1. The van der Waals surface area contributed by atoms with Crippen LogP contribution in [-0.4, -0.2) is 15.3 Å². The Morgan fingerprint density at radius 2 is 1.75 bits per heavy atom. The molecule has 0 aliphatic heterocycles. The van der Waals surface area contributed by atoms with Crippen molar-refractivity contribution in [2.75, 3.05) is 5.32 Å². The van der Waals surface area contributed by atoms with Crippen molar-refractivity contribution in [1.82, 2.24) is 9.36 Å². The van der Waals surface area contributed by atoms with E-state index in [0.717, 1.165) is 22.7 Å². The van der Waals surface area contributed by atoms with Crippen molar-refractivity contribution in [3.8, 4) is 11.4 Å². The minimum Gasteiger partial charge on any atom is -0.300 e. The molecule has 1 heterocycles. The lowest BCUT2D eigenvalue weighted by Gasteiger charge is -2.23. The molecule has 0 spiro atoms. The summed E-state index contributed by atoms with van der Waals surface area (Å²) in [5.74, 6) is 0.0342. The van der Waals surface area contributed by atoms with Crippen LogP contribution in [0, 0.1) is 5.82 Å². The van der Waals surface area contributed by atoms with Gasteiger partial charge in [-0.1, -0.05) is 42.5 Å². The summed E-state index contributed by atoms with van der Waals surface area (Å²) >= 11 is 1.13. The summed E-state index contributed by atoms with van der Waals surface area (Å²) in [6, 6.07) is 15.5. The highest BCUT2D eigenvalue weighted by Gasteiger charge is 2.30. The van der Waals surface area contributed by atoms with Crippen molar-refractivity contribution in [2.24, 2.45) is 0 Å². The van der Waals surface area contributed by atoms with Crippen molar-refractivity contribution >= 4 is 22.6 Å². The second-order valence-corrected chi connectivity index (χ2v) is 6.63. The number of carbonyl (C=O) groups is 1. The smallest absolute Gasteiger partial charge is 0.236 e. The molecule has 0 fully saturated rings. The van der Waals surface area contributed by atoms with Crippen LogP contribution in [0.2, 0.25) is 0 Å². The summed E-state index contributed by atoms with van der Waals surface area (Å²) in [6.07, 6.45) is 0. The van der Waals surface area contributed by atoms with Crippen LogP contribution >= 0.6 is 11.5 Å². The van der Waals surface area contributed by atoms with Crippen LogP contribution in [0.25, 0.3) is 11.4 Å². The van der Waals surface area contributed by atoms with Gasteiger partial charge in [-0.15, -0.1) is 0 Å². The fourth-order valence-corrected chi connectivity index (χ4v) is 2.81. The number of rotatable bonds is 4. The average molecular weight is 341 g/mol. The first-order valence-electron chi connectivity index (χ1n) is 7.43. The Bertz CT molecular complexity index is 844. The molecule has 3 rings (SSSR count). The number of hydrogen-bond acceptors (Lipinski definition) is 4. The number of nitrogens with one attached hydrogen (secondary N) is 1. The van der Waals surface area contributed by atoms with Crippen LogP contribution in [-0.2, 0) is 10.2 Å². The molecule has 0 saturated carbocycles. The number of nitrogens with zero attached hydrogens (tertiary/aromatic N) is 2. The molecule has 1 aromatic heterocycles. The Kier molecular flexibility index (Phi) is 4.40. The zero-order valence-electron chi connectivity index (χ0n) is 13.3. The summed E-state index contributed by atoms with van der Waals surface area (Å²) in [6.45, 7) is 3.57. The van der Waals surface area contributed by atoms with Gasteiger partial charge < -0.3 is 0 Å². The maximum absolute atomic E-state index is 13.1. The van der Waals surface area contributed by atoms with Crippen LogP contribution < -0.4 is 5.32 Å². The molecule has 122 valence electrons. The van der Waals surface area contributed by atoms with Crippen molar-refractivity contribution < 1.29 is 9.18 Å². The Balaban J connectivity index is 1.77. The van der Waals surface area contributed by atoms with Gasteiger partial charge >= 0.3 is 0 Å². The normalized spacial score (nSPS) is 11.3. The van der Waals surface area contributed by atoms with E-state index in [0.29, 0.717) is 11.0 Å². The third kappa shape index (κ3) is 3.33. The molecule has 24 heavy (non-hydrogen) atoms. The molecule has 0 saturated heterocycles. The Morgan fingerprint density at radius 1 is 1.08 bits per heavy atom. The summed E-state index contributed by atoms with van der Waals surface area (Å²) in [5, 5.41) is 3.24. The lowest BCUT2D eigenvalue weighted by atomic mass is 9.84. The van der Waals surface area contributed by atoms with Gasteiger partial charge in [-0.25, -0.2) is 4.39 Å². The standard InChI is InChI=1S/C18H16FN3OS/c1-18(2,13-8-10-14(19)11-9-13)16(23)21-17-20-15(22-24-17)12-6-4-3-5-7-12/h3-11H,1-2H3,(H,20,21,22,23). The highest BCUT2D eigenvalue weighted by Crippen LogP contribution is 2.27. The molecule has 1 amide bonds. The van der Waals surface area contributed by atoms with Gasteiger partial charge in [0.25, 0.3) is 0 Å². The minimum atomic E-state index is -0.813.